The highest BCUT2D eigenvalue weighted by Gasteiger charge is 2.15. The van der Waals surface area contributed by atoms with Crippen molar-refractivity contribution in [3.05, 3.63) is 0 Å². The molecular weight excluding hydrogens is 240 g/mol. The maximum absolute atomic E-state index is 11.3. The fourth-order valence-corrected chi connectivity index (χ4v) is 2.50. The molecule has 0 radical (unpaired) electrons. The first-order valence-electron chi connectivity index (χ1n) is 7.54. The average Bonchev–Trinajstić information content (AvgIpc) is 2.60. The first kappa shape index (κ1) is 16.2. The molecule has 1 aliphatic rings. The molecule has 1 atom stereocenters. The van der Waals surface area contributed by atoms with E-state index in [-0.39, 0.29) is 6.03 Å². The molecule has 0 saturated carbocycles. The first-order valence-corrected chi connectivity index (χ1v) is 7.54. The Hall–Kier alpha value is -0.810. The fraction of sp³-hybridized carbons (Fsp3) is 0.929. The number of urea groups is 1. The van der Waals surface area contributed by atoms with Crippen LogP contribution in [0.25, 0.3) is 0 Å². The van der Waals surface area contributed by atoms with E-state index in [1.54, 1.807) is 19.0 Å². The van der Waals surface area contributed by atoms with E-state index in [0.717, 1.165) is 6.54 Å². The molecule has 1 rings (SSSR count). The zero-order valence-electron chi connectivity index (χ0n) is 12.7. The number of amides is 2. The summed E-state index contributed by atoms with van der Waals surface area (Å²) < 4.78 is 0. The van der Waals surface area contributed by atoms with Gasteiger partial charge in [-0.25, -0.2) is 4.79 Å². The smallest absolute Gasteiger partial charge is 0.316 e. The summed E-state index contributed by atoms with van der Waals surface area (Å²) in [6.07, 6.45) is 5.00. The summed E-state index contributed by atoms with van der Waals surface area (Å²) in [4.78, 5) is 15.5. The zero-order valence-corrected chi connectivity index (χ0v) is 12.7. The van der Waals surface area contributed by atoms with Gasteiger partial charge in [-0.1, -0.05) is 6.92 Å². The number of hydrogen-bond acceptors (Lipinski definition) is 3. The third-order valence-corrected chi connectivity index (χ3v) is 3.60. The molecule has 0 spiro atoms. The summed E-state index contributed by atoms with van der Waals surface area (Å²) in [6.45, 7) is 7.48. The van der Waals surface area contributed by atoms with Gasteiger partial charge in [0.2, 0.25) is 0 Å². The van der Waals surface area contributed by atoms with Gasteiger partial charge in [0.05, 0.1) is 0 Å². The highest BCUT2D eigenvalue weighted by atomic mass is 16.2. The van der Waals surface area contributed by atoms with E-state index in [4.69, 9.17) is 0 Å². The van der Waals surface area contributed by atoms with E-state index >= 15 is 0 Å². The van der Waals surface area contributed by atoms with Crippen LogP contribution in [0.5, 0.6) is 0 Å². The third-order valence-electron chi connectivity index (χ3n) is 3.60. The number of carbonyl (C=O) groups excluding carboxylic acids is 1. The van der Waals surface area contributed by atoms with E-state index in [1.165, 1.54) is 45.3 Å². The monoisotopic (exact) mass is 270 g/mol. The van der Waals surface area contributed by atoms with Crippen molar-refractivity contribution in [1.82, 2.24) is 20.4 Å². The minimum atomic E-state index is -0.0169. The number of hydrogen-bond donors (Lipinski definition) is 2. The van der Waals surface area contributed by atoms with Crippen molar-refractivity contribution < 1.29 is 4.79 Å². The van der Waals surface area contributed by atoms with Crippen molar-refractivity contribution in [1.29, 1.82) is 0 Å². The second-order valence-electron chi connectivity index (χ2n) is 5.55. The van der Waals surface area contributed by atoms with Gasteiger partial charge in [-0.05, 0) is 45.3 Å². The minimum absolute atomic E-state index is 0.0169. The minimum Gasteiger partial charge on any atom is -0.337 e. The molecule has 0 aromatic rings. The predicted molar refractivity (Wildman–Crippen MR) is 79.5 cm³/mol. The summed E-state index contributed by atoms with van der Waals surface area (Å²) in [7, 11) is 3.52. The highest BCUT2D eigenvalue weighted by molar-refractivity contribution is 5.73. The van der Waals surface area contributed by atoms with Crippen molar-refractivity contribution in [2.75, 3.05) is 46.8 Å². The Bertz CT molecular complexity index is 258. The molecule has 19 heavy (non-hydrogen) atoms. The van der Waals surface area contributed by atoms with Crippen LogP contribution in [0.2, 0.25) is 0 Å². The first-order chi connectivity index (χ1) is 9.13. The van der Waals surface area contributed by atoms with Crippen LogP contribution >= 0.6 is 0 Å². The summed E-state index contributed by atoms with van der Waals surface area (Å²) in [5.74, 6) is 0. The number of likely N-dealkylation sites (tertiary alicyclic amines) is 1. The third kappa shape index (κ3) is 6.78. The lowest BCUT2D eigenvalue weighted by atomic mass is 10.1. The van der Waals surface area contributed by atoms with Crippen LogP contribution in [0.4, 0.5) is 4.79 Å². The standard InChI is InChI=1S/C14H30N4O/c1-4-10-18-11-5-6-13(7-12-18)15-8-9-16-14(19)17(2)3/h13,15H,4-12H2,1-3H3,(H,16,19). The van der Waals surface area contributed by atoms with Gasteiger partial charge in [0.1, 0.15) is 0 Å². The summed E-state index contributed by atoms with van der Waals surface area (Å²) in [6, 6.07) is 0.593. The maximum Gasteiger partial charge on any atom is 0.316 e. The van der Waals surface area contributed by atoms with Crippen LogP contribution in [0.15, 0.2) is 0 Å². The van der Waals surface area contributed by atoms with Gasteiger partial charge in [0, 0.05) is 33.2 Å². The maximum atomic E-state index is 11.3. The molecule has 0 bridgehead atoms. The molecular formula is C14H30N4O. The van der Waals surface area contributed by atoms with Crippen molar-refractivity contribution in [2.45, 2.75) is 38.6 Å². The average molecular weight is 270 g/mol. The van der Waals surface area contributed by atoms with E-state index in [2.05, 4.69) is 22.5 Å². The quantitative estimate of drug-likeness (QED) is 0.711. The lowest BCUT2D eigenvalue weighted by Crippen LogP contribution is -2.41. The van der Waals surface area contributed by atoms with E-state index in [1.807, 2.05) is 0 Å². The largest absolute Gasteiger partial charge is 0.337 e. The van der Waals surface area contributed by atoms with Crippen molar-refractivity contribution in [2.24, 2.45) is 0 Å². The zero-order chi connectivity index (χ0) is 14.1. The van der Waals surface area contributed by atoms with E-state index < -0.39 is 0 Å². The topological polar surface area (TPSA) is 47.6 Å². The van der Waals surface area contributed by atoms with Gasteiger partial charge in [-0.2, -0.15) is 0 Å². The number of rotatable bonds is 6. The molecule has 5 heteroatoms. The Kier molecular flexibility index (Phi) is 7.82. The summed E-state index contributed by atoms with van der Waals surface area (Å²) >= 11 is 0. The summed E-state index contributed by atoms with van der Waals surface area (Å²) in [5, 5.41) is 6.44. The molecule has 1 saturated heterocycles. The molecule has 0 aliphatic carbocycles. The van der Waals surface area contributed by atoms with Crippen LogP contribution in [-0.4, -0.2) is 68.7 Å². The molecule has 2 amide bonds. The van der Waals surface area contributed by atoms with Crippen molar-refractivity contribution >= 4 is 6.03 Å². The van der Waals surface area contributed by atoms with Gasteiger partial charge in [-0.3, -0.25) is 0 Å². The second-order valence-corrected chi connectivity index (χ2v) is 5.55. The van der Waals surface area contributed by atoms with E-state index in [9.17, 15) is 4.79 Å². The van der Waals surface area contributed by atoms with Crippen molar-refractivity contribution in [3.8, 4) is 0 Å². The van der Waals surface area contributed by atoms with Crippen LogP contribution < -0.4 is 10.6 Å². The molecule has 0 aromatic carbocycles. The molecule has 1 fully saturated rings. The van der Waals surface area contributed by atoms with Gasteiger partial charge in [0.15, 0.2) is 0 Å². The highest BCUT2D eigenvalue weighted by Crippen LogP contribution is 2.10. The van der Waals surface area contributed by atoms with E-state index in [0.29, 0.717) is 12.6 Å². The number of nitrogens with zero attached hydrogens (tertiary/aromatic N) is 2. The molecule has 0 aromatic heterocycles. The normalized spacial score (nSPS) is 20.9. The van der Waals surface area contributed by atoms with Gasteiger partial charge in [-0.15, -0.1) is 0 Å². The lowest BCUT2D eigenvalue weighted by molar-refractivity contribution is 0.217. The van der Waals surface area contributed by atoms with Gasteiger partial charge < -0.3 is 20.4 Å². The Balaban J connectivity index is 2.11. The Morgan fingerprint density at radius 1 is 1.26 bits per heavy atom. The van der Waals surface area contributed by atoms with Crippen LogP contribution in [0, 0.1) is 0 Å². The predicted octanol–water partition coefficient (Wildman–Crippen LogP) is 1.11. The molecule has 5 nitrogen and oxygen atoms in total. The summed E-state index contributed by atoms with van der Waals surface area (Å²) in [5.41, 5.74) is 0. The van der Waals surface area contributed by atoms with Gasteiger partial charge >= 0.3 is 6.03 Å². The molecule has 1 heterocycles. The Labute approximate surface area is 117 Å². The fourth-order valence-electron chi connectivity index (χ4n) is 2.50. The number of nitrogens with one attached hydrogen (secondary N) is 2. The van der Waals surface area contributed by atoms with Crippen molar-refractivity contribution in [3.63, 3.8) is 0 Å². The SMILES string of the molecule is CCCN1CCCC(NCCNC(=O)N(C)C)CC1. The second kappa shape index (κ2) is 9.15. The molecule has 2 N–H and O–H groups in total. The van der Waals surface area contributed by atoms with Crippen LogP contribution in [0.3, 0.4) is 0 Å². The Morgan fingerprint density at radius 3 is 2.74 bits per heavy atom. The molecule has 1 aliphatic heterocycles. The molecule has 1 unspecified atom stereocenters. The van der Waals surface area contributed by atoms with Crippen LogP contribution in [0.1, 0.15) is 32.6 Å². The van der Waals surface area contributed by atoms with Crippen LogP contribution in [-0.2, 0) is 0 Å². The Morgan fingerprint density at radius 2 is 2.05 bits per heavy atom. The molecule has 112 valence electrons. The number of carbonyl (C=O) groups is 1. The lowest BCUT2D eigenvalue weighted by Gasteiger charge is -2.19. The van der Waals surface area contributed by atoms with Gasteiger partial charge in [0.25, 0.3) is 0 Å².